The van der Waals surface area contributed by atoms with Gasteiger partial charge in [-0.1, -0.05) is 125 Å². The first-order valence-electron chi connectivity index (χ1n) is 18.4. The summed E-state index contributed by atoms with van der Waals surface area (Å²) in [6.45, 7) is 4.51. The third-order valence-electron chi connectivity index (χ3n) is 7.53. The van der Waals surface area contributed by atoms with Crippen molar-refractivity contribution in [1.82, 2.24) is 0 Å². The molecule has 0 saturated carbocycles. The Morgan fingerprint density at radius 1 is 0.489 bits per heavy atom. The van der Waals surface area contributed by atoms with E-state index in [1.807, 2.05) is 0 Å². The van der Waals surface area contributed by atoms with Crippen LogP contribution in [0.25, 0.3) is 0 Å². The van der Waals surface area contributed by atoms with Gasteiger partial charge in [-0.2, -0.15) is 0 Å². The third-order valence-corrected chi connectivity index (χ3v) is 7.53. The van der Waals surface area contributed by atoms with Gasteiger partial charge in [0.25, 0.3) is 0 Å². The van der Waals surface area contributed by atoms with Gasteiger partial charge in [-0.05, 0) is 89.2 Å². The van der Waals surface area contributed by atoms with Crippen molar-refractivity contribution in [2.24, 2.45) is 0 Å². The molecule has 0 bridgehead atoms. The third kappa shape index (κ3) is 28.6. The number of rotatable bonds is 30. The van der Waals surface area contributed by atoms with Crippen LogP contribution in [-0.2, 0) is 32.3 Å². The summed E-state index contributed by atoms with van der Waals surface area (Å²) in [5.74, 6) is 0.719. The van der Waals surface area contributed by atoms with Crippen LogP contribution in [-0.4, -0.2) is 11.9 Å². The molecule has 262 valence electrons. The first-order chi connectivity index (χ1) is 23.2. The van der Waals surface area contributed by atoms with Gasteiger partial charge < -0.3 is 13.9 Å². The Morgan fingerprint density at radius 2 is 0.830 bits per heavy atom. The molecule has 0 aliphatic carbocycles. The fourth-order valence-corrected chi connectivity index (χ4v) is 4.80. The molecule has 0 atom stereocenters. The van der Waals surface area contributed by atoms with Crippen LogP contribution in [0.2, 0.25) is 0 Å². The van der Waals surface area contributed by atoms with Crippen LogP contribution in [0, 0.1) is 0 Å². The van der Waals surface area contributed by atoms with Gasteiger partial charge >= 0.3 is 11.9 Å². The van der Waals surface area contributed by atoms with E-state index in [4.69, 9.17) is 13.9 Å². The summed E-state index contributed by atoms with van der Waals surface area (Å²) < 4.78 is 16.4. The lowest BCUT2D eigenvalue weighted by Gasteiger charge is -2.04. The number of carbonyl (C=O) groups is 2. The first kappa shape index (κ1) is 41.7. The molecule has 1 rings (SSSR count). The molecule has 1 heterocycles. The summed E-state index contributed by atoms with van der Waals surface area (Å²) >= 11 is 0. The van der Waals surface area contributed by atoms with Gasteiger partial charge in [-0.15, -0.1) is 0 Å². The van der Waals surface area contributed by atoms with Crippen LogP contribution >= 0.6 is 0 Å². The lowest BCUT2D eigenvalue weighted by atomic mass is 10.1. The van der Waals surface area contributed by atoms with Gasteiger partial charge in [0.05, 0.1) is 0 Å². The average molecular weight is 649 g/mol. The van der Waals surface area contributed by atoms with E-state index in [0.29, 0.717) is 24.4 Å². The molecule has 47 heavy (non-hydrogen) atoms. The Balaban J connectivity index is 1.96. The summed E-state index contributed by atoms with van der Waals surface area (Å²) in [7, 11) is 0. The standard InChI is InChI=1S/C42H64O5/c1-3-5-7-9-11-13-15-17-19-21-23-25-27-29-31-33-41(43)45-37-39-35-36-40(47-39)38-46-42(44)34-32-30-28-26-24-22-20-18-16-14-12-10-8-6-4-2/h5-8,11-14,17-20,35-36H,3-4,9-10,15-16,21-34,37-38H2,1-2H3/b7-5+,8-6+,13-11+,14-12+,19-17+,20-18+. The van der Waals surface area contributed by atoms with Gasteiger partial charge in [0, 0.05) is 12.8 Å². The summed E-state index contributed by atoms with van der Waals surface area (Å²) in [6.07, 6.45) is 46.8. The van der Waals surface area contributed by atoms with Crippen molar-refractivity contribution in [2.45, 2.75) is 155 Å². The maximum Gasteiger partial charge on any atom is 0.306 e. The van der Waals surface area contributed by atoms with E-state index < -0.39 is 0 Å². The number of allylic oxidation sites excluding steroid dienone is 12. The first-order valence-corrected chi connectivity index (χ1v) is 18.4. The van der Waals surface area contributed by atoms with Crippen molar-refractivity contribution in [3.05, 3.63) is 96.6 Å². The molecule has 1 aromatic heterocycles. The molecule has 0 amide bonds. The molecule has 1 aromatic rings. The Hall–Kier alpha value is -3.34. The van der Waals surface area contributed by atoms with Gasteiger partial charge in [0.2, 0.25) is 0 Å². The number of furan rings is 1. The molecule has 0 aliphatic rings. The molecule has 5 heteroatoms. The van der Waals surface area contributed by atoms with Gasteiger partial charge in [0.15, 0.2) is 0 Å². The average Bonchev–Trinajstić information content (AvgIpc) is 3.54. The van der Waals surface area contributed by atoms with Crippen molar-refractivity contribution in [1.29, 1.82) is 0 Å². The Labute approximate surface area is 287 Å². The zero-order valence-electron chi connectivity index (χ0n) is 29.7. The molecule has 0 fully saturated rings. The van der Waals surface area contributed by atoms with Gasteiger partial charge in [-0.25, -0.2) is 0 Å². The minimum atomic E-state index is -0.203. The summed E-state index contributed by atoms with van der Waals surface area (Å²) in [5, 5.41) is 0. The summed E-state index contributed by atoms with van der Waals surface area (Å²) in [5.41, 5.74) is 0. The number of esters is 2. The van der Waals surface area contributed by atoms with Crippen molar-refractivity contribution < 1.29 is 23.5 Å². The quantitative estimate of drug-likeness (QED) is 0.0472. The highest BCUT2D eigenvalue weighted by Gasteiger charge is 2.09. The largest absolute Gasteiger partial charge is 0.459 e. The molecule has 5 nitrogen and oxygen atoms in total. The van der Waals surface area contributed by atoms with Crippen LogP contribution in [0.4, 0.5) is 0 Å². The van der Waals surface area contributed by atoms with Crippen LogP contribution in [0.5, 0.6) is 0 Å². The van der Waals surface area contributed by atoms with E-state index in [1.165, 1.54) is 25.7 Å². The fourth-order valence-electron chi connectivity index (χ4n) is 4.80. The van der Waals surface area contributed by atoms with Crippen LogP contribution < -0.4 is 0 Å². The maximum atomic E-state index is 12.1. The number of carbonyl (C=O) groups excluding carboxylic acids is 2. The van der Waals surface area contributed by atoms with E-state index in [1.54, 1.807) is 12.1 Å². The van der Waals surface area contributed by atoms with Crippen molar-refractivity contribution in [3.63, 3.8) is 0 Å². The van der Waals surface area contributed by atoms with Crippen LogP contribution in [0.15, 0.2) is 89.5 Å². The Morgan fingerprint density at radius 3 is 1.23 bits per heavy atom. The second kappa shape index (κ2) is 32.6. The highest BCUT2D eigenvalue weighted by atomic mass is 16.6. The highest BCUT2D eigenvalue weighted by molar-refractivity contribution is 5.69. The molecule has 0 radical (unpaired) electrons. The monoisotopic (exact) mass is 648 g/mol. The summed E-state index contributed by atoms with van der Waals surface area (Å²) in [6, 6.07) is 3.54. The maximum absolute atomic E-state index is 12.1. The SMILES string of the molecule is CC/C=C/C/C=C/C/C=C/CCCCCCCC(=O)OCc1ccc(COC(=O)CCCCCCC/C=C/C/C=C/C/C=C/CC)o1. The lowest BCUT2D eigenvalue weighted by molar-refractivity contribution is -0.145. The van der Waals surface area contributed by atoms with Crippen LogP contribution in [0.1, 0.15) is 154 Å². The number of unbranched alkanes of at least 4 members (excludes halogenated alkanes) is 10. The molecule has 0 spiro atoms. The molecule has 0 aliphatic heterocycles. The zero-order valence-corrected chi connectivity index (χ0v) is 29.7. The highest BCUT2D eigenvalue weighted by Crippen LogP contribution is 2.14. The number of hydrogen-bond donors (Lipinski definition) is 0. The number of ether oxygens (including phenoxy) is 2. The van der Waals surface area contributed by atoms with E-state index in [2.05, 4.69) is 86.8 Å². The normalized spacial score (nSPS) is 12.3. The molecule has 0 unspecified atom stereocenters. The van der Waals surface area contributed by atoms with Crippen molar-refractivity contribution >= 4 is 11.9 Å². The molecular weight excluding hydrogens is 584 g/mol. The smallest absolute Gasteiger partial charge is 0.306 e. The topological polar surface area (TPSA) is 65.7 Å². The molecular formula is C42H64O5. The predicted molar refractivity (Wildman–Crippen MR) is 197 cm³/mol. The van der Waals surface area contributed by atoms with Gasteiger partial charge in [0.1, 0.15) is 24.7 Å². The molecule has 0 saturated heterocycles. The van der Waals surface area contributed by atoms with E-state index in [0.717, 1.165) is 89.9 Å². The van der Waals surface area contributed by atoms with E-state index in [9.17, 15) is 9.59 Å². The minimum Gasteiger partial charge on any atom is -0.459 e. The Bertz CT molecular complexity index is 986. The lowest BCUT2D eigenvalue weighted by Crippen LogP contribution is -2.04. The Kier molecular flexibility index (Phi) is 28.9. The second-order valence-corrected chi connectivity index (χ2v) is 11.9. The fraction of sp³-hybridized carbons (Fsp3) is 0.571. The van der Waals surface area contributed by atoms with Crippen LogP contribution in [0.3, 0.4) is 0 Å². The summed E-state index contributed by atoms with van der Waals surface area (Å²) in [4.78, 5) is 24.2. The zero-order chi connectivity index (χ0) is 33.9. The van der Waals surface area contributed by atoms with Crippen molar-refractivity contribution in [3.8, 4) is 0 Å². The number of hydrogen-bond acceptors (Lipinski definition) is 5. The minimum absolute atomic E-state index is 0.105. The molecule has 0 N–H and O–H groups in total. The second-order valence-electron chi connectivity index (χ2n) is 11.9. The van der Waals surface area contributed by atoms with Gasteiger partial charge in [-0.3, -0.25) is 9.59 Å². The molecule has 0 aromatic carbocycles. The van der Waals surface area contributed by atoms with E-state index in [-0.39, 0.29) is 25.2 Å². The predicted octanol–water partition coefficient (Wildman–Crippen LogP) is 12.5. The van der Waals surface area contributed by atoms with Crippen molar-refractivity contribution in [2.75, 3.05) is 0 Å². The van der Waals surface area contributed by atoms with E-state index >= 15 is 0 Å².